The molecule has 0 radical (unpaired) electrons. The predicted molar refractivity (Wildman–Crippen MR) is 127 cm³/mol. The molecule has 0 unspecified atom stereocenters. The zero-order valence-corrected chi connectivity index (χ0v) is 19.2. The summed E-state index contributed by atoms with van der Waals surface area (Å²) in [7, 11) is -3.85. The molecule has 1 aromatic carbocycles. The lowest BCUT2D eigenvalue weighted by molar-refractivity contribution is 0.209. The van der Waals surface area contributed by atoms with Crippen molar-refractivity contribution in [1.82, 2.24) is 15.0 Å². The molecule has 0 saturated carbocycles. The molecular formula is C21H18N6O5S2. The van der Waals surface area contributed by atoms with E-state index in [1.54, 1.807) is 30.3 Å². The summed E-state index contributed by atoms with van der Waals surface area (Å²) in [5.41, 5.74) is 2.13. The Morgan fingerprint density at radius 1 is 1.12 bits per heavy atom. The molecule has 11 nitrogen and oxygen atoms in total. The number of aryl methyl sites for hydroxylation is 1. The van der Waals surface area contributed by atoms with Crippen LogP contribution < -0.4 is 20.5 Å². The number of anilines is 3. The van der Waals surface area contributed by atoms with Crippen LogP contribution >= 0.6 is 11.3 Å². The van der Waals surface area contributed by atoms with E-state index in [9.17, 15) is 13.2 Å². The number of ether oxygens (including phenoxy) is 1. The Labute approximate surface area is 198 Å². The molecule has 1 amide bonds. The average Bonchev–Trinajstić information content (AvgIpc) is 3.15. The minimum absolute atomic E-state index is 0.0386. The number of nitrogens with two attached hydrogens (primary N) is 1. The maximum absolute atomic E-state index is 11.6. The summed E-state index contributed by atoms with van der Waals surface area (Å²) in [4.78, 5) is 24.0. The van der Waals surface area contributed by atoms with Crippen LogP contribution in [0.3, 0.4) is 0 Å². The first-order valence-corrected chi connectivity index (χ1v) is 12.0. The third kappa shape index (κ3) is 5.64. The standard InChI is InChI=1S/C21H18N6O5S2/c1-12-4-2-7-16(24-12)18-19(33-20(26-18)27-21(28)29)32-14-8-9-23-17(11-14)25-13-5-3-6-15(10-13)34(22,30)31/h2-11H,1H3,(H,23,25)(H,26,27)(H,28,29)(H2,22,30,31). The Bertz CT molecular complexity index is 1470. The Morgan fingerprint density at radius 2 is 1.91 bits per heavy atom. The summed E-state index contributed by atoms with van der Waals surface area (Å²) in [6.07, 6.45) is 0.254. The number of nitrogens with zero attached hydrogens (tertiary/aromatic N) is 3. The average molecular weight is 499 g/mol. The van der Waals surface area contributed by atoms with Gasteiger partial charge >= 0.3 is 6.09 Å². The topological polar surface area (TPSA) is 169 Å². The first-order chi connectivity index (χ1) is 16.2. The van der Waals surface area contributed by atoms with E-state index in [-0.39, 0.29) is 10.0 Å². The van der Waals surface area contributed by atoms with E-state index in [4.69, 9.17) is 15.0 Å². The summed E-state index contributed by atoms with van der Waals surface area (Å²) in [6, 6.07) is 14.6. The summed E-state index contributed by atoms with van der Waals surface area (Å²) in [5, 5.41) is 19.9. The first-order valence-electron chi connectivity index (χ1n) is 9.66. The molecule has 5 N–H and O–H groups in total. The maximum Gasteiger partial charge on any atom is 0.410 e. The lowest BCUT2D eigenvalue weighted by Crippen LogP contribution is -2.12. The molecule has 0 aliphatic carbocycles. The normalized spacial score (nSPS) is 11.1. The van der Waals surface area contributed by atoms with E-state index < -0.39 is 16.1 Å². The van der Waals surface area contributed by atoms with E-state index in [1.807, 2.05) is 19.1 Å². The van der Waals surface area contributed by atoms with E-state index in [0.717, 1.165) is 17.0 Å². The lowest BCUT2D eigenvalue weighted by Gasteiger charge is -2.09. The van der Waals surface area contributed by atoms with Crippen LogP contribution in [0.25, 0.3) is 11.4 Å². The zero-order valence-electron chi connectivity index (χ0n) is 17.6. The van der Waals surface area contributed by atoms with Crippen LogP contribution in [0.15, 0.2) is 65.7 Å². The van der Waals surface area contributed by atoms with E-state index in [2.05, 4.69) is 25.6 Å². The molecule has 174 valence electrons. The highest BCUT2D eigenvalue weighted by Gasteiger charge is 2.18. The van der Waals surface area contributed by atoms with Crippen molar-refractivity contribution in [2.45, 2.75) is 11.8 Å². The van der Waals surface area contributed by atoms with Crippen molar-refractivity contribution in [3.63, 3.8) is 0 Å². The molecule has 34 heavy (non-hydrogen) atoms. The summed E-state index contributed by atoms with van der Waals surface area (Å²) >= 11 is 1.01. The number of primary sulfonamides is 1. The fourth-order valence-corrected chi connectivity index (χ4v) is 4.30. The number of carbonyl (C=O) groups is 1. The van der Waals surface area contributed by atoms with Crippen molar-refractivity contribution in [2.24, 2.45) is 5.14 Å². The summed E-state index contributed by atoms with van der Waals surface area (Å²) < 4.78 is 29.2. The molecular weight excluding hydrogens is 480 g/mol. The molecule has 0 spiro atoms. The van der Waals surface area contributed by atoms with E-state index in [1.165, 1.54) is 18.3 Å². The minimum atomic E-state index is -3.85. The van der Waals surface area contributed by atoms with Gasteiger partial charge in [0.2, 0.25) is 15.1 Å². The largest absolute Gasteiger partial charge is 0.465 e. The van der Waals surface area contributed by atoms with Crippen LogP contribution in [0, 0.1) is 6.92 Å². The van der Waals surface area contributed by atoms with Gasteiger partial charge in [0.1, 0.15) is 17.3 Å². The zero-order chi connectivity index (χ0) is 24.3. The van der Waals surface area contributed by atoms with Crippen molar-refractivity contribution in [3.05, 3.63) is 66.5 Å². The number of carboxylic acid groups (broad SMARTS) is 1. The third-order valence-electron chi connectivity index (χ3n) is 4.32. The van der Waals surface area contributed by atoms with Crippen LogP contribution in [0.1, 0.15) is 5.69 Å². The SMILES string of the molecule is Cc1cccc(-c2nc(NC(=O)O)sc2Oc2ccnc(Nc3cccc(S(N)(=O)=O)c3)c2)n1. The molecule has 0 atom stereocenters. The van der Waals surface area contributed by atoms with Crippen LogP contribution in [0.4, 0.5) is 21.4 Å². The molecule has 4 rings (SSSR count). The van der Waals surface area contributed by atoms with Crippen LogP contribution in [-0.4, -0.2) is 34.6 Å². The van der Waals surface area contributed by atoms with Crippen LogP contribution in [-0.2, 0) is 10.0 Å². The Hall–Kier alpha value is -4.07. The number of hydrogen-bond acceptors (Lipinski definition) is 9. The smallest absolute Gasteiger partial charge is 0.410 e. The molecule has 3 heterocycles. The van der Waals surface area contributed by atoms with Gasteiger partial charge in [-0.2, -0.15) is 0 Å². The van der Waals surface area contributed by atoms with Gasteiger partial charge in [0.25, 0.3) is 0 Å². The van der Waals surface area contributed by atoms with Gasteiger partial charge in [-0.15, -0.1) is 0 Å². The lowest BCUT2D eigenvalue weighted by atomic mass is 10.2. The quantitative estimate of drug-likeness (QED) is 0.292. The maximum atomic E-state index is 11.6. The number of nitrogens with one attached hydrogen (secondary N) is 2. The van der Waals surface area contributed by atoms with Gasteiger partial charge in [-0.05, 0) is 43.3 Å². The number of hydrogen-bond donors (Lipinski definition) is 4. The van der Waals surface area contributed by atoms with Crippen molar-refractivity contribution >= 4 is 44.1 Å². The van der Waals surface area contributed by atoms with Crippen molar-refractivity contribution in [2.75, 3.05) is 10.6 Å². The van der Waals surface area contributed by atoms with Gasteiger partial charge in [-0.3, -0.25) is 10.3 Å². The third-order valence-corrected chi connectivity index (χ3v) is 6.08. The number of sulfonamides is 1. The highest BCUT2D eigenvalue weighted by atomic mass is 32.2. The van der Waals surface area contributed by atoms with Crippen LogP contribution in [0.2, 0.25) is 0 Å². The second kappa shape index (κ2) is 9.43. The molecule has 0 fully saturated rings. The molecule has 0 bridgehead atoms. The van der Waals surface area contributed by atoms with Gasteiger partial charge in [0.15, 0.2) is 5.13 Å². The Balaban J connectivity index is 1.63. The molecule has 0 aliphatic heterocycles. The van der Waals surface area contributed by atoms with E-state index >= 15 is 0 Å². The monoisotopic (exact) mass is 498 g/mol. The molecule has 3 aromatic heterocycles. The molecule has 0 aliphatic rings. The van der Waals surface area contributed by atoms with Gasteiger partial charge < -0.3 is 15.2 Å². The summed E-state index contributed by atoms with van der Waals surface area (Å²) in [6.45, 7) is 1.83. The molecule has 4 aromatic rings. The predicted octanol–water partition coefficient (Wildman–Crippen LogP) is 4.18. The Morgan fingerprint density at radius 3 is 2.65 bits per heavy atom. The number of rotatable bonds is 7. The fourth-order valence-electron chi connectivity index (χ4n) is 2.91. The van der Waals surface area contributed by atoms with Gasteiger partial charge in [-0.1, -0.05) is 23.5 Å². The van der Waals surface area contributed by atoms with Gasteiger partial charge in [-0.25, -0.2) is 28.3 Å². The second-order valence-corrected chi connectivity index (χ2v) is 9.45. The van der Waals surface area contributed by atoms with Gasteiger partial charge in [0, 0.05) is 23.6 Å². The summed E-state index contributed by atoms with van der Waals surface area (Å²) in [5.74, 6) is 0.771. The first kappa shape index (κ1) is 23.1. The minimum Gasteiger partial charge on any atom is -0.465 e. The van der Waals surface area contributed by atoms with Gasteiger partial charge in [0.05, 0.1) is 10.6 Å². The fraction of sp³-hybridized carbons (Fsp3) is 0.0476. The van der Waals surface area contributed by atoms with E-state index in [0.29, 0.717) is 33.7 Å². The Kier molecular flexibility index (Phi) is 6.40. The molecule has 0 saturated heterocycles. The highest BCUT2D eigenvalue weighted by molar-refractivity contribution is 7.89. The number of benzene rings is 1. The number of pyridine rings is 2. The number of aromatic nitrogens is 3. The van der Waals surface area contributed by atoms with Crippen molar-refractivity contribution in [1.29, 1.82) is 0 Å². The highest BCUT2D eigenvalue weighted by Crippen LogP contribution is 2.40. The number of amides is 1. The van der Waals surface area contributed by atoms with Crippen LogP contribution in [0.5, 0.6) is 10.8 Å². The second-order valence-electron chi connectivity index (χ2n) is 6.93. The molecule has 13 heteroatoms. The van der Waals surface area contributed by atoms with Crippen molar-refractivity contribution < 1.29 is 23.1 Å². The number of thiazole rings is 1. The van der Waals surface area contributed by atoms with Crippen molar-refractivity contribution in [3.8, 4) is 22.2 Å².